The largest absolute Gasteiger partial charge is 0.373 e. The fraction of sp³-hybridized carbons (Fsp3) is 0.923. The molecule has 0 bridgehead atoms. The van der Waals surface area contributed by atoms with E-state index in [0.29, 0.717) is 25.2 Å². The van der Waals surface area contributed by atoms with Crippen LogP contribution in [0.5, 0.6) is 0 Å². The van der Waals surface area contributed by atoms with Gasteiger partial charge in [-0.25, -0.2) is 0 Å². The Kier molecular flexibility index (Phi) is 14.1. The van der Waals surface area contributed by atoms with Crippen molar-refractivity contribution in [1.29, 1.82) is 0 Å². The van der Waals surface area contributed by atoms with Gasteiger partial charge in [0.15, 0.2) is 0 Å². The molecule has 0 saturated carbocycles. The number of hydrogen-bond donors (Lipinski definition) is 2. The smallest absolute Gasteiger partial charge is 0.220 e. The maximum atomic E-state index is 11.4. The van der Waals surface area contributed by atoms with E-state index in [1.807, 2.05) is 0 Å². The molecule has 1 rings (SSSR count). The monoisotopic (exact) mass is 329 g/mol. The van der Waals surface area contributed by atoms with Crippen molar-refractivity contribution in [3.63, 3.8) is 0 Å². The molecule has 2 atom stereocenters. The van der Waals surface area contributed by atoms with Crippen LogP contribution < -0.4 is 11.1 Å². The normalized spacial score (nSPS) is 22.6. The lowest BCUT2D eigenvalue weighted by atomic mass is 10.2. The van der Waals surface area contributed by atoms with Gasteiger partial charge in [0.25, 0.3) is 0 Å². The molecule has 20 heavy (non-hydrogen) atoms. The van der Waals surface area contributed by atoms with Gasteiger partial charge in [0.1, 0.15) is 0 Å². The van der Waals surface area contributed by atoms with Gasteiger partial charge in [-0.2, -0.15) is 0 Å². The molecule has 0 aliphatic carbocycles. The van der Waals surface area contributed by atoms with Gasteiger partial charge in [-0.1, -0.05) is 0 Å². The Labute approximate surface area is 134 Å². The Balaban J connectivity index is 0. The molecule has 0 spiro atoms. The number of ether oxygens (including phenoxy) is 1. The van der Waals surface area contributed by atoms with Crippen molar-refractivity contribution < 1.29 is 9.53 Å². The molecule has 122 valence electrons. The quantitative estimate of drug-likeness (QED) is 0.688. The van der Waals surface area contributed by atoms with Gasteiger partial charge in [-0.05, 0) is 33.2 Å². The minimum atomic E-state index is 0. The molecule has 2 unspecified atom stereocenters. The molecule has 0 aromatic heterocycles. The topological polar surface area (TPSA) is 67.6 Å². The maximum absolute atomic E-state index is 11.4. The number of morpholine rings is 1. The highest BCUT2D eigenvalue weighted by atomic mass is 35.5. The van der Waals surface area contributed by atoms with Crippen LogP contribution in [0.3, 0.4) is 0 Å². The lowest BCUT2D eigenvalue weighted by molar-refractivity contribution is -0.121. The second-order valence-electron chi connectivity index (χ2n) is 5.11. The summed E-state index contributed by atoms with van der Waals surface area (Å²) in [6.07, 6.45) is 2.93. The summed E-state index contributed by atoms with van der Waals surface area (Å²) in [6.45, 7) is 8.56. The van der Waals surface area contributed by atoms with Crippen molar-refractivity contribution in [3.05, 3.63) is 0 Å². The second kappa shape index (κ2) is 12.7. The average molecular weight is 330 g/mol. The molecule has 0 radical (unpaired) electrons. The van der Waals surface area contributed by atoms with E-state index in [4.69, 9.17) is 10.5 Å². The van der Waals surface area contributed by atoms with E-state index in [2.05, 4.69) is 24.1 Å². The van der Waals surface area contributed by atoms with Crippen LogP contribution in [-0.4, -0.2) is 55.7 Å². The van der Waals surface area contributed by atoms with Crippen molar-refractivity contribution in [3.8, 4) is 0 Å². The third kappa shape index (κ3) is 9.77. The molecule has 1 aliphatic rings. The first-order chi connectivity index (χ1) is 8.61. The van der Waals surface area contributed by atoms with E-state index in [-0.39, 0.29) is 30.7 Å². The van der Waals surface area contributed by atoms with Crippen molar-refractivity contribution in [2.45, 2.75) is 45.3 Å². The zero-order chi connectivity index (χ0) is 13.4. The van der Waals surface area contributed by atoms with E-state index < -0.39 is 0 Å². The number of nitrogens with zero attached hydrogens (tertiary/aromatic N) is 1. The third-order valence-corrected chi connectivity index (χ3v) is 3.08. The molecule has 1 fully saturated rings. The molecule has 3 N–H and O–H groups in total. The molecule has 1 saturated heterocycles. The van der Waals surface area contributed by atoms with Crippen LogP contribution >= 0.6 is 24.8 Å². The molecular weight excluding hydrogens is 301 g/mol. The molecule has 7 heteroatoms. The predicted octanol–water partition coefficient (Wildman–Crippen LogP) is 1.18. The number of amides is 1. The summed E-state index contributed by atoms with van der Waals surface area (Å²) in [6, 6.07) is 0. The van der Waals surface area contributed by atoms with E-state index in [0.717, 1.165) is 39.0 Å². The number of carbonyl (C=O) groups is 1. The van der Waals surface area contributed by atoms with E-state index >= 15 is 0 Å². The van der Waals surface area contributed by atoms with Gasteiger partial charge in [0.05, 0.1) is 12.2 Å². The highest BCUT2D eigenvalue weighted by Crippen LogP contribution is 2.10. The van der Waals surface area contributed by atoms with Crippen LogP contribution in [0.25, 0.3) is 0 Å². The summed E-state index contributed by atoms with van der Waals surface area (Å²) in [5, 5.41) is 2.93. The number of carbonyl (C=O) groups excluding carboxylic acids is 1. The Morgan fingerprint density at radius 2 is 1.85 bits per heavy atom. The van der Waals surface area contributed by atoms with Gasteiger partial charge < -0.3 is 15.8 Å². The fourth-order valence-corrected chi connectivity index (χ4v) is 2.35. The highest BCUT2D eigenvalue weighted by molar-refractivity contribution is 5.85. The minimum absolute atomic E-state index is 0. The number of nitrogens with one attached hydrogen (secondary N) is 1. The summed E-state index contributed by atoms with van der Waals surface area (Å²) < 4.78 is 5.68. The number of nitrogens with two attached hydrogens (primary N) is 1. The second-order valence-corrected chi connectivity index (χ2v) is 5.11. The summed E-state index contributed by atoms with van der Waals surface area (Å²) in [7, 11) is 0. The maximum Gasteiger partial charge on any atom is 0.220 e. The molecule has 0 aromatic carbocycles. The first-order valence-corrected chi connectivity index (χ1v) is 6.96. The molecule has 1 amide bonds. The van der Waals surface area contributed by atoms with Crippen molar-refractivity contribution >= 4 is 30.7 Å². The molecular formula is C13H29Cl2N3O2. The van der Waals surface area contributed by atoms with Gasteiger partial charge in [0, 0.05) is 32.6 Å². The van der Waals surface area contributed by atoms with Crippen molar-refractivity contribution in [1.82, 2.24) is 10.2 Å². The Morgan fingerprint density at radius 3 is 2.40 bits per heavy atom. The predicted molar refractivity (Wildman–Crippen MR) is 86.9 cm³/mol. The SMILES string of the molecule is CC1CN(CCCNC(=O)CCCN)CC(C)O1.Cl.Cl. The van der Waals surface area contributed by atoms with E-state index in [1.54, 1.807) is 0 Å². The lowest BCUT2D eigenvalue weighted by Gasteiger charge is -2.35. The van der Waals surface area contributed by atoms with Crippen LogP contribution in [0.15, 0.2) is 0 Å². The average Bonchev–Trinajstić information content (AvgIpc) is 2.31. The minimum Gasteiger partial charge on any atom is -0.373 e. The zero-order valence-corrected chi connectivity index (χ0v) is 14.1. The van der Waals surface area contributed by atoms with Crippen molar-refractivity contribution in [2.24, 2.45) is 5.73 Å². The number of halogens is 2. The van der Waals surface area contributed by atoms with Crippen LogP contribution in [-0.2, 0) is 9.53 Å². The summed E-state index contributed by atoms with van der Waals surface area (Å²) in [5.41, 5.74) is 5.36. The van der Waals surface area contributed by atoms with Crippen LogP contribution in [0.1, 0.15) is 33.1 Å². The first-order valence-electron chi connectivity index (χ1n) is 6.96. The van der Waals surface area contributed by atoms with Gasteiger partial charge in [-0.15, -0.1) is 24.8 Å². The number of hydrogen-bond acceptors (Lipinski definition) is 4. The summed E-state index contributed by atoms with van der Waals surface area (Å²) in [4.78, 5) is 13.8. The van der Waals surface area contributed by atoms with Crippen molar-refractivity contribution in [2.75, 3.05) is 32.7 Å². The summed E-state index contributed by atoms with van der Waals surface area (Å²) in [5.74, 6) is 0.115. The lowest BCUT2D eigenvalue weighted by Crippen LogP contribution is -2.46. The Morgan fingerprint density at radius 1 is 1.25 bits per heavy atom. The molecule has 1 heterocycles. The van der Waals surface area contributed by atoms with Crippen LogP contribution in [0.2, 0.25) is 0 Å². The Hall–Kier alpha value is -0.0700. The number of rotatable bonds is 7. The van der Waals surface area contributed by atoms with Crippen LogP contribution in [0.4, 0.5) is 0 Å². The molecule has 5 nitrogen and oxygen atoms in total. The van der Waals surface area contributed by atoms with Gasteiger partial charge in [-0.3, -0.25) is 9.69 Å². The first kappa shape index (κ1) is 22.2. The standard InChI is InChI=1S/C13H27N3O2.2ClH/c1-11-9-16(10-12(2)18-11)8-4-7-15-13(17)5-3-6-14;;/h11-12H,3-10,14H2,1-2H3,(H,15,17);2*1H. The zero-order valence-electron chi connectivity index (χ0n) is 12.5. The van der Waals surface area contributed by atoms with E-state index in [9.17, 15) is 4.79 Å². The molecule has 0 aromatic rings. The van der Waals surface area contributed by atoms with Gasteiger partial charge >= 0.3 is 0 Å². The third-order valence-electron chi connectivity index (χ3n) is 3.08. The highest BCUT2D eigenvalue weighted by Gasteiger charge is 2.21. The van der Waals surface area contributed by atoms with E-state index in [1.165, 1.54) is 0 Å². The summed E-state index contributed by atoms with van der Waals surface area (Å²) >= 11 is 0. The Bertz CT molecular complexity index is 248. The van der Waals surface area contributed by atoms with Gasteiger partial charge in [0.2, 0.25) is 5.91 Å². The van der Waals surface area contributed by atoms with Crippen LogP contribution in [0, 0.1) is 0 Å². The molecule has 1 aliphatic heterocycles. The fourth-order valence-electron chi connectivity index (χ4n) is 2.35.